The van der Waals surface area contributed by atoms with Crippen molar-refractivity contribution in [3.05, 3.63) is 66.2 Å². The molecule has 1 fully saturated rings. The molecule has 1 heterocycles. The molecule has 3 rings (SSSR count). The normalized spacial score (nSPS) is 32.3. The monoisotopic (exact) mass is 346 g/mol. The first-order valence-corrected chi connectivity index (χ1v) is 8.16. The van der Waals surface area contributed by atoms with Crippen LogP contribution in [0.2, 0.25) is 0 Å². The molecule has 0 radical (unpaired) electrons. The fourth-order valence-corrected chi connectivity index (χ4v) is 3.04. The predicted octanol–water partition coefficient (Wildman–Crippen LogP) is 0.478. The van der Waals surface area contributed by atoms with Crippen LogP contribution in [0.15, 0.2) is 60.7 Å². The van der Waals surface area contributed by atoms with Crippen molar-refractivity contribution in [2.24, 2.45) is 0 Å². The van der Waals surface area contributed by atoms with Crippen molar-refractivity contribution in [3.63, 3.8) is 0 Å². The minimum absolute atomic E-state index is 0.129. The SMILES string of the molecule is OC[C@H]1OC(Cc2ccccc2)(Oc2ccccc2)[C@H](O)[C@@H](O)[C@@H]1O. The van der Waals surface area contributed by atoms with Gasteiger partial charge in [-0.25, -0.2) is 0 Å². The number of hydrogen-bond acceptors (Lipinski definition) is 6. The highest BCUT2D eigenvalue weighted by molar-refractivity contribution is 5.24. The van der Waals surface area contributed by atoms with Crippen LogP contribution in [-0.4, -0.2) is 57.2 Å². The first kappa shape index (κ1) is 17.8. The molecule has 2 aromatic carbocycles. The van der Waals surface area contributed by atoms with E-state index < -0.39 is 36.8 Å². The Morgan fingerprint density at radius 3 is 2.08 bits per heavy atom. The van der Waals surface area contributed by atoms with Gasteiger partial charge in [0.25, 0.3) is 0 Å². The summed E-state index contributed by atoms with van der Waals surface area (Å²) in [4.78, 5) is 0. The van der Waals surface area contributed by atoms with Gasteiger partial charge in [-0.3, -0.25) is 0 Å². The molecule has 25 heavy (non-hydrogen) atoms. The van der Waals surface area contributed by atoms with E-state index in [4.69, 9.17) is 9.47 Å². The van der Waals surface area contributed by atoms with E-state index >= 15 is 0 Å². The molecule has 4 N–H and O–H groups in total. The molecule has 2 aromatic rings. The van der Waals surface area contributed by atoms with Gasteiger partial charge in [-0.2, -0.15) is 0 Å². The summed E-state index contributed by atoms with van der Waals surface area (Å²) in [6.45, 7) is -0.514. The lowest BCUT2D eigenvalue weighted by Crippen LogP contribution is -2.68. The highest BCUT2D eigenvalue weighted by Crippen LogP contribution is 2.35. The Morgan fingerprint density at radius 2 is 1.48 bits per heavy atom. The van der Waals surface area contributed by atoms with Gasteiger partial charge < -0.3 is 29.9 Å². The Morgan fingerprint density at radius 1 is 0.880 bits per heavy atom. The van der Waals surface area contributed by atoms with E-state index in [-0.39, 0.29) is 6.42 Å². The maximum absolute atomic E-state index is 10.7. The molecule has 0 saturated carbocycles. The minimum atomic E-state index is -1.64. The second-order valence-corrected chi connectivity index (χ2v) is 6.15. The van der Waals surface area contributed by atoms with Crippen LogP contribution in [0.25, 0.3) is 0 Å². The van der Waals surface area contributed by atoms with E-state index in [1.165, 1.54) is 0 Å². The molecule has 0 aliphatic carbocycles. The number of para-hydroxylation sites is 1. The second kappa shape index (κ2) is 7.51. The first-order chi connectivity index (χ1) is 12.1. The molecular weight excluding hydrogens is 324 g/mol. The van der Waals surface area contributed by atoms with Crippen LogP contribution in [0.1, 0.15) is 5.56 Å². The number of hydrogen-bond donors (Lipinski definition) is 4. The number of aliphatic hydroxyl groups excluding tert-OH is 4. The molecule has 1 aliphatic heterocycles. The number of aliphatic hydroxyl groups is 4. The first-order valence-electron chi connectivity index (χ1n) is 8.16. The van der Waals surface area contributed by atoms with Crippen molar-refractivity contribution in [2.45, 2.75) is 36.6 Å². The van der Waals surface area contributed by atoms with Gasteiger partial charge in [0.15, 0.2) is 0 Å². The molecule has 1 saturated heterocycles. The van der Waals surface area contributed by atoms with Crippen molar-refractivity contribution in [1.82, 2.24) is 0 Å². The van der Waals surface area contributed by atoms with Crippen molar-refractivity contribution in [3.8, 4) is 5.75 Å². The van der Waals surface area contributed by atoms with E-state index in [1.54, 1.807) is 24.3 Å². The number of benzene rings is 2. The lowest BCUT2D eigenvalue weighted by molar-refractivity contribution is -0.337. The summed E-state index contributed by atoms with van der Waals surface area (Å²) in [5.41, 5.74) is 0.817. The van der Waals surface area contributed by atoms with Gasteiger partial charge in [-0.15, -0.1) is 0 Å². The van der Waals surface area contributed by atoms with Crippen LogP contribution in [0.3, 0.4) is 0 Å². The summed E-state index contributed by atoms with van der Waals surface area (Å²) in [6, 6.07) is 18.0. The summed E-state index contributed by atoms with van der Waals surface area (Å²) < 4.78 is 11.7. The summed E-state index contributed by atoms with van der Waals surface area (Å²) in [5, 5.41) is 40.4. The van der Waals surface area contributed by atoms with Crippen LogP contribution < -0.4 is 4.74 Å². The molecule has 5 atom stereocenters. The third-order valence-corrected chi connectivity index (χ3v) is 4.36. The molecule has 134 valence electrons. The topological polar surface area (TPSA) is 99.4 Å². The molecule has 0 aromatic heterocycles. The molecule has 6 nitrogen and oxygen atoms in total. The Hall–Kier alpha value is -1.96. The Labute approximate surface area is 145 Å². The third-order valence-electron chi connectivity index (χ3n) is 4.36. The molecule has 0 bridgehead atoms. The van der Waals surface area contributed by atoms with Crippen LogP contribution in [0.5, 0.6) is 5.75 Å². The van der Waals surface area contributed by atoms with E-state index in [1.807, 2.05) is 36.4 Å². The number of rotatable bonds is 5. The van der Waals surface area contributed by atoms with Crippen molar-refractivity contribution < 1.29 is 29.9 Å². The zero-order valence-corrected chi connectivity index (χ0v) is 13.6. The van der Waals surface area contributed by atoms with Gasteiger partial charge in [-0.05, 0) is 17.7 Å². The molecule has 1 unspecified atom stereocenters. The van der Waals surface area contributed by atoms with Crippen molar-refractivity contribution >= 4 is 0 Å². The summed E-state index contributed by atoms with van der Waals surface area (Å²) in [7, 11) is 0. The van der Waals surface area contributed by atoms with Crippen LogP contribution in [0.4, 0.5) is 0 Å². The summed E-state index contributed by atoms with van der Waals surface area (Å²) in [6.07, 6.45) is -5.39. The van der Waals surface area contributed by atoms with Crippen LogP contribution in [0, 0.1) is 0 Å². The Kier molecular flexibility index (Phi) is 5.36. The number of ether oxygens (including phenoxy) is 2. The molecule has 6 heteroatoms. The Balaban J connectivity index is 1.98. The maximum atomic E-state index is 10.7. The van der Waals surface area contributed by atoms with Crippen molar-refractivity contribution in [2.75, 3.05) is 6.61 Å². The van der Waals surface area contributed by atoms with Crippen molar-refractivity contribution in [1.29, 1.82) is 0 Å². The zero-order chi connectivity index (χ0) is 17.9. The molecule has 0 amide bonds. The lowest BCUT2D eigenvalue weighted by atomic mass is 9.88. The average Bonchev–Trinajstić information content (AvgIpc) is 2.65. The van der Waals surface area contributed by atoms with E-state index in [0.29, 0.717) is 5.75 Å². The van der Waals surface area contributed by atoms with Gasteiger partial charge in [0.05, 0.1) is 6.61 Å². The highest BCUT2D eigenvalue weighted by atomic mass is 16.7. The van der Waals surface area contributed by atoms with E-state index in [2.05, 4.69) is 0 Å². The van der Waals surface area contributed by atoms with Gasteiger partial charge in [0.2, 0.25) is 5.79 Å². The largest absolute Gasteiger partial charge is 0.459 e. The fraction of sp³-hybridized carbons (Fsp3) is 0.368. The minimum Gasteiger partial charge on any atom is -0.459 e. The lowest BCUT2D eigenvalue weighted by Gasteiger charge is -2.48. The zero-order valence-electron chi connectivity index (χ0n) is 13.6. The summed E-state index contributed by atoms with van der Waals surface area (Å²) in [5.74, 6) is -1.20. The van der Waals surface area contributed by atoms with Crippen LogP contribution in [-0.2, 0) is 11.2 Å². The maximum Gasteiger partial charge on any atom is 0.243 e. The van der Waals surface area contributed by atoms with Gasteiger partial charge >= 0.3 is 0 Å². The third kappa shape index (κ3) is 3.68. The molecular formula is C19H22O6. The quantitative estimate of drug-likeness (QED) is 0.628. The highest BCUT2D eigenvalue weighted by Gasteiger charge is 2.55. The average molecular weight is 346 g/mol. The molecule has 0 spiro atoms. The fourth-order valence-electron chi connectivity index (χ4n) is 3.04. The predicted molar refractivity (Wildman–Crippen MR) is 89.9 cm³/mol. The van der Waals surface area contributed by atoms with Gasteiger partial charge in [0.1, 0.15) is 30.2 Å². The smallest absolute Gasteiger partial charge is 0.243 e. The van der Waals surface area contributed by atoms with E-state index in [0.717, 1.165) is 5.56 Å². The Bertz CT molecular complexity index is 619. The standard InChI is InChI=1S/C19H22O6/c20-12-15-16(21)17(22)18(23)19(25-15,11-13-7-3-1-4-8-13)24-14-9-5-2-6-10-14/h1-10,15-18,20-23H,11-12H2/t15-,16-,17+,18-,19?/m1/s1. The summed E-state index contributed by atoms with van der Waals surface area (Å²) >= 11 is 0. The van der Waals surface area contributed by atoms with Gasteiger partial charge in [0, 0.05) is 6.42 Å². The second-order valence-electron chi connectivity index (χ2n) is 6.15. The van der Waals surface area contributed by atoms with Crippen LogP contribution >= 0.6 is 0 Å². The van der Waals surface area contributed by atoms with Gasteiger partial charge in [-0.1, -0.05) is 48.5 Å². The molecule has 1 aliphatic rings. The van der Waals surface area contributed by atoms with E-state index in [9.17, 15) is 20.4 Å².